The van der Waals surface area contributed by atoms with Crippen LogP contribution in [0.4, 0.5) is 24.5 Å². The molecule has 0 N–H and O–H groups in total. The van der Waals surface area contributed by atoms with Gasteiger partial charge in [0, 0.05) is 14.1 Å². The minimum atomic E-state index is -4.45. The molecule has 3 nitrogen and oxygen atoms in total. The maximum atomic E-state index is 12.4. The molecular weight excluding hydrogens is 221 g/mol. The van der Waals surface area contributed by atoms with Gasteiger partial charge in [0.2, 0.25) is 6.08 Å². The Morgan fingerprint density at radius 3 is 2.38 bits per heavy atom. The van der Waals surface area contributed by atoms with Crippen molar-refractivity contribution in [1.82, 2.24) is 0 Å². The first-order valence-electron chi connectivity index (χ1n) is 4.32. The van der Waals surface area contributed by atoms with Crippen LogP contribution in [0.1, 0.15) is 5.56 Å². The topological polar surface area (TPSA) is 32.7 Å². The number of carbonyl (C=O) groups excluding carboxylic acids is 1. The molecule has 0 spiro atoms. The molecule has 0 saturated carbocycles. The van der Waals surface area contributed by atoms with Crippen LogP contribution in [0.25, 0.3) is 0 Å². The Balaban J connectivity index is 3.34. The van der Waals surface area contributed by atoms with Crippen LogP contribution in [0.2, 0.25) is 0 Å². The summed E-state index contributed by atoms with van der Waals surface area (Å²) in [5, 5.41) is 0. The summed E-state index contributed by atoms with van der Waals surface area (Å²) in [6, 6.07) is 3.03. The second-order valence-corrected chi connectivity index (χ2v) is 3.30. The minimum absolute atomic E-state index is 0.0465. The fraction of sp³-hybridized carbons (Fsp3) is 0.300. The van der Waals surface area contributed by atoms with Gasteiger partial charge in [-0.15, -0.1) is 0 Å². The zero-order valence-corrected chi connectivity index (χ0v) is 8.67. The lowest BCUT2D eigenvalue weighted by Crippen LogP contribution is -2.10. The van der Waals surface area contributed by atoms with Crippen molar-refractivity contribution < 1.29 is 18.0 Å². The lowest BCUT2D eigenvalue weighted by atomic mass is 10.1. The number of aliphatic imine (C=N–C) groups is 1. The molecule has 0 aliphatic rings. The number of hydrogen-bond donors (Lipinski definition) is 0. The van der Waals surface area contributed by atoms with Crippen LogP contribution in [-0.2, 0) is 11.0 Å². The summed E-state index contributed by atoms with van der Waals surface area (Å²) < 4.78 is 37.2. The lowest BCUT2D eigenvalue weighted by molar-refractivity contribution is -0.137. The highest BCUT2D eigenvalue weighted by Crippen LogP contribution is 2.35. The van der Waals surface area contributed by atoms with Crippen LogP contribution in [0.3, 0.4) is 0 Å². The molecular formula is C10H9F3N2O. The third kappa shape index (κ3) is 2.61. The third-order valence-corrected chi connectivity index (χ3v) is 1.95. The average molecular weight is 230 g/mol. The molecule has 6 heteroatoms. The normalized spacial score (nSPS) is 10.8. The first-order valence-corrected chi connectivity index (χ1v) is 4.32. The molecule has 1 rings (SSSR count). The molecule has 0 fully saturated rings. The summed E-state index contributed by atoms with van der Waals surface area (Å²) in [6.07, 6.45) is -3.21. The summed E-state index contributed by atoms with van der Waals surface area (Å²) >= 11 is 0. The minimum Gasteiger partial charge on any atom is -0.376 e. The molecule has 0 radical (unpaired) electrons. The Kier molecular flexibility index (Phi) is 3.34. The van der Waals surface area contributed by atoms with Gasteiger partial charge in [-0.05, 0) is 18.2 Å². The van der Waals surface area contributed by atoms with E-state index in [0.29, 0.717) is 5.69 Å². The lowest BCUT2D eigenvalue weighted by Gasteiger charge is -2.16. The van der Waals surface area contributed by atoms with Crippen molar-refractivity contribution in [3.63, 3.8) is 0 Å². The molecule has 1 aromatic carbocycles. The van der Waals surface area contributed by atoms with E-state index in [1.165, 1.54) is 12.1 Å². The molecule has 0 aromatic heterocycles. The molecule has 0 atom stereocenters. The highest BCUT2D eigenvalue weighted by atomic mass is 19.4. The number of benzene rings is 1. The Morgan fingerprint density at radius 1 is 1.31 bits per heavy atom. The van der Waals surface area contributed by atoms with Gasteiger partial charge < -0.3 is 4.90 Å². The number of halogens is 3. The monoisotopic (exact) mass is 230 g/mol. The molecule has 1 aromatic rings. The second kappa shape index (κ2) is 4.37. The van der Waals surface area contributed by atoms with Gasteiger partial charge in [0.25, 0.3) is 0 Å². The Bertz CT molecular complexity index is 434. The first-order chi connectivity index (χ1) is 7.36. The van der Waals surface area contributed by atoms with Gasteiger partial charge in [-0.3, -0.25) is 0 Å². The van der Waals surface area contributed by atoms with E-state index in [9.17, 15) is 18.0 Å². The number of nitrogens with zero attached hydrogens (tertiary/aromatic N) is 2. The number of hydrogen-bond acceptors (Lipinski definition) is 3. The van der Waals surface area contributed by atoms with E-state index in [4.69, 9.17) is 0 Å². The van der Waals surface area contributed by atoms with Crippen molar-refractivity contribution in [2.24, 2.45) is 4.99 Å². The quantitative estimate of drug-likeness (QED) is 0.578. The smallest absolute Gasteiger partial charge is 0.376 e. The molecule has 16 heavy (non-hydrogen) atoms. The number of isocyanates is 1. The molecule has 0 unspecified atom stereocenters. The zero-order valence-electron chi connectivity index (χ0n) is 8.67. The number of alkyl halides is 3. The van der Waals surface area contributed by atoms with Crippen LogP contribution in [0.15, 0.2) is 23.2 Å². The van der Waals surface area contributed by atoms with Gasteiger partial charge in [0.05, 0.1) is 11.3 Å². The summed E-state index contributed by atoms with van der Waals surface area (Å²) in [7, 11) is 3.29. The molecule has 0 aliphatic heterocycles. The van der Waals surface area contributed by atoms with E-state index in [1.807, 2.05) is 0 Å². The molecule has 0 aliphatic carbocycles. The standard InChI is InChI=1S/C10H9F3N2O/c1-15(2)9-4-3-7(10(11,12)13)5-8(9)14-6-16/h3-5H,1-2H3. The van der Waals surface area contributed by atoms with Crippen LogP contribution < -0.4 is 4.90 Å². The van der Waals surface area contributed by atoms with Crippen molar-refractivity contribution in [3.05, 3.63) is 23.8 Å². The number of anilines is 1. The van der Waals surface area contributed by atoms with Crippen LogP contribution in [0, 0.1) is 0 Å². The SMILES string of the molecule is CN(C)c1ccc(C(F)(F)F)cc1N=C=O. The number of rotatable bonds is 2. The zero-order chi connectivity index (χ0) is 12.3. The van der Waals surface area contributed by atoms with E-state index in [-0.39, 0.29) is 5.69 Å². The Labute approximate surface area is 90.2 Å². The Morgan fingerprint density at radius 2 is 1.94 bits per heavy atom. The van der Waals surface area contributed by atoms with Gasteiger partial charge >= 0.3 is 6.18 Å². The predicted molar refractivity (Wildman–Crippen MR) is 53.6 cm³/mol. The van der Waals surface area contributed by atoms with Crippen molar-refractivity contribution in [3.8, 4) is 0 Å². The predicted octanol–water partition coefficient (Wildman–Crippen LogP) is 2.74. The molecule has 0 bridgehead atoms. The largest absolute Gasteiger partial charge is 0.416 e. The van der Waals surface area contributed by atoms with Crippen LogP contribution >= 0.6 is 0 Å². The van der Waals surface area contributed by atoms with Crippen LogP contribution in [-0.4, -0.2) is 20.2 Å². The van der Waals surface area contributed by atoms with E-state index in [2.05, 4.69) is 4.99 Å². The van der Waals surface area contributed by atoms with E-state index in [0.717, 1.165) is 12.1 Å². The van der Waals surface area contributed by atoms with Crippen molar-refractivity contribution in [1.29, 1.82) is 0 Å². The summed E-state index contributed by atoms with van der Waals surface area (Å²) in [6.45, 7) is 0. The maximum absolute atomic E-state index is 12.4. The average Bonchev–Trinajstić information content (AvgIpc) is 2.16. The molecule has 0 heterocycles. The van der Waals surface area contributed by atoms with Gasteiger partial charge in [0.1, 0.15) is 5.69 Å². The van der Waals surface area contributed by atoms with E-state index < -0.39 is 11.7 Å². The first kappa shape index (κ1) is 12.3. The van der Waals surface area contributed by atoms with Gasteiger partial charge in [-0.2, -0.15) is 18.2 Å². The van der Waals surface area contributed by atoms with E-state index in [1.54, 1.807) is 19.0 Å². The third-order valence-electron chi connectivity index (χ3n) is 1.95. The maximum Gasteiger partial charge on any atom is 0.416 e. The fourth-order valence-corrected chi connectivity index (χ4v) is 1.22. The summed E-state index contributed by atoms with van der Waals surface area (Å²) in [4.78, 5) is 14.9. The Hall–Kier alpha value is -1.81. The molecule has 0 amide bonds. The highest BCUT2D eigenvalue weighted by molar-refractivity contribution is 5.70. The van der Waals surface area contributed by atoms with Crippen molar-refractivity contribution in [2.45, 2.75) is 6.18 Å². The molecule has 0 saturated heterocycles. The van der Waals surface area contributed by atoms with E-state index >= 15 is 0 Å². The van der Waals surface area contributed by atoms with Gasteiger partial charge in [0.15, 0.2) is 0 Å². The van der Waals surface area contributed by atoms with Gasteiger partial charge in [-0.25, -0.2) is 4.79 Å². The second-order valence-electron chi connectivity index (χ2n) is 3.30. The molecule has 86 valence electrons. The summed E-state index contributed by atoms with van der Waals surface area (Å²) in [5.41, 5.74) is -0.460. The van der Waals surface area contributed by atoms with Crippen molar-refractivity contribution in [2.75, 3.05) is 19.0 Å². The van der Waals surface area contributed by atoms with Crippen LogP contribution in [0.5, 0.6) is 0 Å². The summed E-state index contributed by atoms with van der Waals surface area (Å²) in [5.74, 6) is 0. The highest BCUT2D eigenvalue weighted by Gasteiger charge is 2.31. The fourth-order valence-electron chi connectivity index (χ4n) is 1.22. The van der Waals surface area contributed by atoms with Crippen molar-refractivity contribution >= 4 is 17.5 Å². The van der Waals surface area contributed by atoms with Gasteiger partial charge in [-0.1, -0.05) is 0 Å².